The molecule has 0 aliphatic heterocycles. The number of nitrogens with two attached hydrogens (primary N) is 1. The second kappa shape index (κ2) is 12.0. The Bertz CT molecular complexity index is 190. The van der Waals surface area contributed by atoms with Gasteiger partial charge in [0, 0.05) is 16.5 Å². The van der Waals surface area contributed by atoms with Crippen LogP contribution in [0.15, 0.2) is 0 Å². The maximum atomic E-state index is 5.63. The van der Waals surface area contributed by atoms with Crippen molar-refractivity contribution in [1.82, 2.24) is 5.43 Å². The van der Waals surface area contributed by atoms with Gasteiger partial charge in [0.15, 0.2) is 0 Å². The summed E-state index contributed by atoms with van der Waals surface area (Å²) >= 11 is 2.00. The van der Waals surface area contributed by atoms with Crippen LogP contribution in [0.4, 0.5) is 0 Å². The Balaban J connectivity index is 3.41. The molecule has 3 N–H and O–H groups in total. The Labute approximate surface area is 125 Å². The van der Waals surface area contributed by atoms with E-state index in [4.69, 9.17) is 5.84 Å². The summed E-state index contributed by atoms with van der Waals surface area (Å²) in [5.41, 5.74) is 2.97. The van der Waals surface area contributed by atoms with E-state index in [0.29, 0.717) is 10.8 Å². The minimum atomic E-state index is 0.342. The van der Waals surface area contributed by atoms with Crippen molar-refractivity contribution in [3.05, 3.63) is 0 Å². The summed E-state index contributed by atoms with van der Waals surface area (Å²) in [5.74, 6) is 6.76. The van der Waals surface area contributed by atoms with Crippen LogP contribution in [0.3, 0.4) is 0 Å². The van der Waals surface area contributed by atoms with Crippen molar-refractivity contribution in [2.45, 2.75) is 96.3 Å². The first-order chi connectivity index (χ1) is 8.99. The molecular formula is C16H36N2S. The highest BCUT2D eigenvalue weighted by Gasteiger charge is 2.14. The van der Waals surface area contributed by atoms with Gasteiger partial charge in [-0.1, -0.05) is 79.1 Å². The van der Waals surface area contributed by atoms with Crippen LogP contribution in [0, 0.1) is 0 Å². The number of hydrazine groups is 1. The molecule has 0 heterocycles. The maximum Gasteiger partial charge on any atom is 0.0301 e. The Morgan fingerprint density at radius 2 is 1.47 bits per heavy atom. The molecule has 0 spiro atoms. The fourth-order valence-electron chi connectivity index (χ4n) is 2.09. The Morgan fingerprint density at radius 1 is 0.947 bits per heavy atom. The van der Waals surface area contributed by atoms with Crippen LogP contribution in [-0.4, -0.2) is 16.5 Å². The third kappa shape index (κ3) is 14.5. The zero-order valence-corrected chi connectivity index (χ0v) is 14.5. The predicted molar refractivity (Wildman–Crippen MR) is 90.5 cm³/mol. The van der Waals surface area contributed by atoms with E-state index in [1.165, 1.54) is 57.8 Å². The van der Waals surface area contributed by atoms with E-state index in [1.54, 1.807) is 0 Å². The van der Waals surface area contributed by atoms with Crippen LogP contribution in [0.1, 0.15) is 85.5 Å². The fourth-order valence-corrected chi connectivity index (χ4v) is 3.05. The van der Waals surface area contributed by atoms with Crippen molar-refractivity contribution in [1.29, 1.82) is 0 Å². The summed E-state index contributed by atoms with van der Waals surface area (Å²) in [5, 5.41) is 0. The first-order valence-electron chi connectivity index (χ1n) is 8.09. The van der Waals surface area contributed by atoms with Crippen LogP contribution < -0.4 is 11.3 Å². The molecule has 0 aromatic heterocycles. The minimum Gasteiger partial charge on any atom is -0.271 e. The van der Waals surface area contributed by atoms with Gasteiger partial charge in [0.1, 0.15) is 0 Å². The molecule has 0 aromatic rings. The smallest absolute Gasteiger partial charge is 0.0301 e. The highest BCUT2D eigenvalue weighted by molar-refractivity contribution is 8.00. The van der Waals surface area contributed by atoms with Gasteiger partial charge in [-0.05, 0) is 6.42 Å². The Kier molecular flexibility index (Phi) is 12.2. The van der Waals surface area contributed by atoms with E-state index in [0.717, 1.165) is 5.75 Å². The second-order valence-electron chi connectivity index (χ2n) is 6.55. The van der Waals surface area contributed by atoms with E-state index in [1.807, 2.05) is 11.8 Å². The lowest BCUT2D eigenvalue weighted by atomic mass is 10.1. The fraction of sp³-hybridized carbons (Fsp3) is 1.00. The lowest BCUT2D eigenvalue weighted by Gasteiger charge is -2.22. The molecule has 0 saturated carbocycles. The molecule has 3 heteroatoms. The number of nitrogens with one attached hydrogen (secondary N) is 1. The molecule has 116 valence electrons. The van der Waals surface area contributed by atoms with Gasteiger partial charge in [-0.15, -0.1) is 0 Å². The monoisotopic (exact) mass is 288 g/mol. The van der Waals surface area contributed by atoms with Crippen molar-refractivity contribution in [3.8, 4) is 0 Å². The van der Waals surface area contributed by atoms with Gasteiger partial charge in [0.2, 0.25) is 0 Å². The normalized spacial score (nSPS) is 13.7. The summed E-state index contributed by atoms with van der Waals surface area (Å²) < 4.78 is 0.342. The number of hydrogen-bond donors (Lipinski definition) is 2. The molecule has 0 radical (unpaired) electrons. The lowest BCUT2D eigenvalue weighted by molar-refractivity contribution is 0.490. The molecule has 1 atom stereocenters. The topological polar surface area (TPSA) is 38.0 Å². The second-order valence-corrected chi connectivity index (χ2v) is 8.40. The number of thioether (sulfide) groups is 1. The third-order valence-electron chi connectivity index (χ3n) is 3.36. The standard InChI is InChI=1S/C16H36N2S/c1-5-6-7-8-9-10-11-12-13-15(18-17)14-19-16(2,3)4/h15,18H,5-14,17H2,1-4H3. The number of hydrogen-bond acceptors (Lipinski definition) is 3. The van der Waals surface area contributed by atoms with E-state index >= 15 is 0 Å². The Hall–Kier alpha value is 0.270. The quantitative estimate of drug-likeness (QED) is 0.305. The predicted octanol–water partition coefficient (Wildman–Crippen LogP) is 4.88. The summed E-state index contributed by atoms with van der Waals surface area (Å²) in [6.45, 7) is 9.07. The van der Waals surface area contributed by atoms with Crippen LogP contribution >= 0.6 is 11.8 Å². The van der Waals surface area contributed by atoms with Crippen LogP contribution in [0.25, 0.3) is 0 Å². The molecule has 2 nitrogen and oxygen atoms in total. The van der Waals surface area contributed by atoms with Gasteiger partial charge in [-0.3, -0.25) is 11.3 Å². The molecule has 19 heavy (non-hydrogen) atoms. The van der Waals surface area contributed by atoms with Gasteiger partial charge >= 0.3 is 0 Å². The largest absolute Gasteiger partial charge is 0.271 e. The molecule has 1 unspecified atom stereocenters. The molecule has 0 saturated heterocycles. The van der Waals surface area contributed by atoms with Gasteiger partial charge in [-0.25, -0.2) is 0 Å². The van der Waals surface area contributed by atoms with Crippen LogP contribution in [0.2, 0.25) is 0 Å². The molecular weight excluding hydrogens is 252 g/mol. The van der Waals surface area contributed by atoms with Crippen molar-refractivity contribution < 1.29 is 0 Å². The minimum absolute atomic E-state index is 0.342. The molecule has 0 aromatic carbocycles. The zero-order chi connectivity index (χ0) is 14.6. The third-order valence-corrected chi connectivity index (χ3v) is 4.79. The van der Waals surface area contributed by atoms with Crippen molar-refractivity contribution in [2.75, 3.05) is 5.75 Å². The molecule has 0 rings (SSSR count). The van der Waals surface area contributed by atoms with E-state index < -0.39 is 0 Å². The Morgan fingerprint density at radius 3 is 1.95 bits per heavy atom. The molecule has 0 fully saturated rings. The highest BCUT2D eigenvalue weighted by atomic mass is 32.2. The first-order valence-corrected chi connectivity index (χ1v) is 9.08. The zero-order valence-electron chi connectivity index (χ0n) is 13.6. The van der Waals surface area contributed by atoms with Gasteiger partial charge < -0.3 is 0 Å². The van der Waals surface area contributed by atoms with E-state index in [-0.39, 0.29) is 0 Å². The SMILES string of the molecule is CCCCCCCCCCC(CSC(C)(C)C)NN. The van der Waals surface area contributed by atoms with Gasteiger partial charge in [0.25, 0.3) is 0 Å². The van der Waals surface area contributed by atoms with Crippen LogP contribution in [0.5, 0.6) is 0 Å². The number of rotatable bonds is 12. The van der Waals surface area contributed by atoms with Gasteiger partial charge in [0.05, 0.1) is 0 Å². The average Bonchev–Trinajstić information content (AvgIpc) is 2.35. The molecule has 0 aliphatic rings. The van der Waals surface area contributed by atoms with Crippen LogP contribution in [-0.2, 0) is 0 Å². The summed E-state index contributed by atoms with van der Waals surface area (Å²) in [4.78, 5) is 0. The number of unbranched alkanes of at least 4 members (excludes halogenated alkanes) is 7. The highest BCUT2D eigenvalue weighted by Crippen LogP contribution is 2.24. The summed E-state index contributed by atoms with van der Waals surface area (Å²) in [6.07, 6.45) is 12.3. The maximum absolute atomic E-state index is 5.63. The molecule has 0 amide bonds. The van der Waals surface area contributed by atoms with E-state index in [2.05, 4.69) is 33.1 Å². The van der Waals surface area contributed by atoms with E-state index in [9.17, 15) is 0 Å². The lowest BCUT2D eigenvalue weighted by Crippen LogP contribution is -2.37. The summed E-state index contributed by atoms with van der Waals surface area (Å²) in [6, 6.07) is 0.476. The molecule has 0 aliphatic carbocycles. The van der Waals surface area contributed by atoms with Crippen molar-refractivity contribution in [3.63, 3.8) is 0 Å². The summed E-state index contributed by atoms with van der Waals surface area (Å²) in [7, 11) is 0. The van der Waals surface area contributed by atoms with Crippen molar-refractivity contribution >= 4 is 11.8 Å². The van der Waals surface area contributed by atoms with Gasteiger partial charge in [-0.2, -0.15) is 11.8 Å². The first kappa shape index (κ1) is 19.3. The van der Waals surface area contributed by atoms with Crippen molar-refractivity contribution in [2.24, 2.45) is 5.84 Å². The molecule has 0 bridgehead atoms. The average molecular weight is 289 g/mol.